The summed E-state index contributed by atoms with van der Waals surface area (Å²) in [6.07, 6.45) is 0.470. The second-order valence-corrected chi connectivity index (χ2v) is 6.74. The van der Waals surface area contributed by atoms with Crippen LogP contribution >= 0.6 is 0 Å². The minimum atomic E-state index is -3.67. The van der Waals surface area contributed by atoms with Crippen molar-refractivity contribution in [2.24, 2.45) is 5.92 Å². The number of methoxy groups -OCH3 is 1. The van der Waals surface area contributed by atoms with Gasteiger partial charge in [-0.3, -0.25) is 4.79 Å². The molecule has 1 unspecified atom stereocenters. The lowest BCUT2D eigenvalue weighted by Crippen LogP contribution is -2.31. The number of carbonyl (C=O) groups excluding carboxylic acids is 1. The van der Waals surface area contributed by atoms with E-state index in [1.165, 1.54) is 11.4 Å². The van der Waals surface area contributed by atoms with Gasteiger partial charge in [-0.15, -0.1) is 0 Å². The fourth-order valence-corrected chi connectivity index (χ4v) is 4.28. The molecule has 0 radical (unpaired) electrons. The summed E-state index contributed by atoms with van der Waals surface area (Å²) in [7, 11) is -2.37. The number of hydrogen-bond acceptors (Lipinski definition) is 5. The topological polar surface area (TPSA) is 89.7 Å². The summed E-state index contributed by atoms with van der Waals surface area (Å²) in [5, 5.41) is 0. The van der Waals surface area contributed by atoms with Crippen molar-refractivity contribution in [2.75, 3.05) is 25.9 Å². The van der Waals surface area contributed by atoms with Crippen LogP contribution < -0.4 is 5.73 Å². The Hall–Kier alpha value is -1.60. The molecule has 0 bridgehead atoms. The van der Waals surface area contributed by atoms with Crippen molar-refractivity contribution >= 4 is 21.7 Å². The van der Waals surface area contributed by atoms with Gasteiger partial charge in [0.05, 0.1) is 18.7 Å². The highest BCUT2D eigenvalue weighted by Gasteiger charge is 2.37. The Morgan fingerprint density at radius 1 is 1.45 bits per heavy atom. The number of esters is 1. The maximum Gasteiger partial charge on any atom is 0.310 e. The molecule has 0 saturated carbocycles. The Kier molecular flexibility index (Phi) is 4.01. The smallest absolute Gasteiger partial charge is 0.310 e. The molecule has 1 saturated heterocycles. The van der Waals surface area contributed by atoms with Gasteiger partial charge in [0.15, 0.2) is 0 Å². The van der Waals surface area contributed by atoms with Gasteiger partial charge in [-0.1, -0.05) is 12.1 Å². The van der Waals surface area contributed by atoms with Gasteiger partial charge >= 0.3 is 5.97 Å². The highest BCUT2D eigenvalue weighted by molar-refractivity contribution is 7.89. The van der Waals surface area contributed by atoms with E-state index in [1.54, 1.807) is 25.1 Å². The summed E-state index contributed by atoms with van der Waals surface area (Å²) < 4.78 is 31.2. The number of nitrogens with two attached hydrogens (primary N) is 1. The molecule has 2 rings (SSSR count). The number of benzene rings is 1. The monoisotopic (exact) mass is 298 g/mol. The van der Waals surface area contributed by atoms with Gasteiger partial charge < -0.3 is 10.5 Å². The van der Waals surface area contributed by atoms with Crippen molar-refractivity contribution in [1.29, 1.82) is 0 Å². The predicted octanol–water partition coefficient (Wildman–Crippen LogP) is 0.761. The fraction of sp³-hybridized carbons (Fsp3) is 0.462. The Morgan fingerprint density at radius 2 is 2.15 bits per heavy atom. The zero-order chi connectivity index (χ0) is 14.9. The molecule has 1 aliphatic heterocycles. The van der Waals surface area contributed by atoms with E-state index in [2.05, 4.69) is 4.74 Å². The third-order valence-corrected chi connectivity index (χ3v) is 5.61. The lowest BCUT2D eigenvalue weighted by atomic mass is 10.1. The normalized spacial score (nSPS) is 20.0. The van der Waals surface area contributed by atoms with E-state index in [-0.39, 0.29) is 23.1 Å². The number of nitrogens with zero attached hydrogens (tertiary/aromatic N) is 1. The van der Waals surface area contributed by atoms with Crippen LogP contribution in [-0.2, 0) is 19.6 Å². The number of hydrogen-bond donors (Lipinski definition) is 1. The summed E-state index contributed by atoms with van der Waals surface area (Å²) in [4.78, 5) is 11.6. The first-order valence-electron chi connectivity index (χ1n) is 6.31. The summed E-state index contributed by atoms with van der Waals surface area (Å²) in [5.74, 6) is -0.777. The highest BCUT2D eigenvalue weighted by atomic mass is 32.2. The van der Waals surface area contributed by atoms with E-state index in [4.69, 9.17) is 5.73 Å². The quantitative estimate of drug-likeness (QED) is 0.657. The van der Waals surface area contributed by atoms with Crippen LogP contribution in [-0.4, -0.2) is 38.9 Å². The van der Waals surface area contributed by atoms with Crippen molar-refractivity contribution < 1.29 is 17.9 Å². The van der Waals surface area contributed by atoms with Gasteiger partial charge in [-0.2, -0.15) is 4.31 Å². The summed E-state index contributed by atoms with van der Waals surface area (Å²) in [6.45, 7) is 2.15. The molecule has 1 aliphatic rings. The number of anilines is 1. The average Bonchev–Trinajstić information content (AvgIpc) is 2.87. The Labute approximate surface area is 118 Å². The molecular weight excluding hydrogens is 280 g/mol. The van der Waals surface area contributed by atoms with Crippen LogP contribution in [0.1, 0.15) is 12.0 Å². The fourth-order valence-electron chi connectivity index (χ4n) is 2.46. The lowest BCUT2D eigenvalue weighted by molar-refractivity contribution is -0.144. The standard InChI is InChI=1S/C13H18N2O4S/c1-9-4-3-5-11(14)12(9)20(17,18)15-7-6-10(8-15)13(16)19-2/h3-5,10H,6-8,14H2,1-2H3. The van der Waals surface area contributed by atoms with E-state index in [1.807, 2.05) is 0 Å². The minimum absolute atomic E-state index is 0.130. The van der Waals surface area contributed by atoms with Crippen LogP contribution in [0.3, 0.4) is 0 Å². The first kappa shape index (κ1) is 14.8. The molecule has 2 N–H and O–H groups in total. The van der Waals surface area contributed by atoms with Gasteiger partial charge in [0.2, 0.25) is 10.0 Å². The van der Waals surface area contributed by atoms with Gasteiger partial charge in [-0.05, 0) is 25.0 Å². The zero-order valence-electron chi connectivity index (χ0n) is 11.5. The van der Waals surface area contributed by atoms with Crippen molar-refractivity contribution in [3.63, 3.8) is 0 Å². The van der Waals surface area contributed by atoms with Crippen molar-refractivity contribution in [2.45, 2.75) is 18.2 Å². The summed E-state index contributed by atoms with van der Waals surface area (Å²) in [6, 6.07) is 4.98. The number of carbonyl (C=O) groups is 1. The van der Waals surface area contributed by atoms with Crippen LogP contribution in [0, 0.1) is 12.8 Å². The molecular formula is C13H18N2O4S. The number of ether oxygens (including phenoxy) is 1. The summed E-state index contributed by atoms with van der Waals surface area (Å²) >= 11 is 0. The molecule has 6 nitrogen and oxygen atoms in total. The van der Waals surface area contributed by atoms with Crippen molar-refractivity contribution in [3.8, 4) is 0 Å². The summed E-state index contributed by atoms with van der Waals surface area (Å²) in [5.41, 5.74) is 6.63. The largest absolute Gasteiger partial charge is 0.469 e. The molecule has 7 heteroatoms. The molecule has 0 aliphatic carbocycles. The van der Waals surface area contributed by atoms with Crippen LogP contribution in [0.15, 0.2) is 23.1 Å². The molecule has 1 aromatic carbocycles. The Morgan fingerprint density at radius 3 is 2.75 bits per heavy atom. The number of aryl methyl sites for hydroxylation is 1. The Bertz CT molecular complexity index is 607. The molecule has 1 atom stereocenters. The molecule has 1 fully saturated rings. The number of rotatable bonds is 3. The van der Waals surface area contributed by atoms with Crippen LogP contribution in [0.5, 0.6) is 0 Å². The first-order chi connectivity index (χ1) is 9.37. The molecule has 0 amide bonds. The molecule has 0 spiro atoms. The van der Waals surface area contributed by atoms with Gasteiger partial charge in [0.1, 0.15) is 4.90 Å². The van der Waals surface area contributed by atoms with E-state index < -0.39 is 15.9 Å². The molecule has 0 aromatic heterocycles. The second-order valence-electron chi connectivity index (χ2n) is 4.87. The average molecular weight is 298 g/mol. The molecule has 110 valence electrons. The van der Waals surface area contributed by atoms with Crippen LogP contribution in [0.25, 0.3) is 0 Å². The molecule has 1 heterocycles. The number of nitrogen functional groups attached to an aromatic ring is 1. The minimum Gasteiger partial charge on any atom is -0.469 e. The SMILES string of the molecule is COC(=O)C1CCN(S(=O)(=O)c2c(C)cccc2N)C1. The van der Waals surface area contributed by atoms with Crippen molar-refractivity contribution in [3.05, 3.63) is 23.8 Å². The van der Waals surface area contributed by atoms with E-state index >= 15 is 0 Å². The van der Waals surface area contributed by atoms with Gasteiger partial charge in [0, 0.05) is 13.1 Å². The highest BCUT2D eigenvalue weighted by Crippen LogP contribution is 2.30. The van der Waals surface area contributed by atoms with E-state index in [0.29, 0.717) is 18.5 Å². The van der Waals surface area contributed by atoms with Crippen LogP contribution in [0.2, 0.25) is 0 Å². The van der Waals surface area contributed by atoms with Gasteiger partial charge in [0.25, 0.3) is 0 Å². The predicted molar refractivity (Wildman–Crippen MR) is 74.5 cm³/mol. The van der Waals surface area contributed by atoms with Gasteiger partial charge in [-0.25, -0.2) is 8.42 Å². The zero-order valence-corrected chi connectivity index (χ0v) is 12.3. The molecule has 20 heavy (non-hydrogen) atoms. The second kappa shape index (κ2) is 5.41. The maximum atomic E-state index is 12.6. The lowest BCUT2D eigenvalue weighted by Gasteiger charge is -2.19. The number of sulfonamides is 1. The van der Waals surface area contributed by atoms with Crippen molar-refractivity contribution in [1.82, 2.24) is 4.31 Å². The first-order valence-corrected chi connectivity index (χ1v) is 7.75. The van der Waals surface area contributed by atoms with E-state index in [0.717, 1.165) is 0 Å². The maximum absolute atomic E-state index is 12.6. The molecule has 1 aromatic rings. The third kappa shape index (κ3) is 2.51. The van der Waals surface area contributed by atoms with Crippen LogP contribution in [0.4, 0.5) is 5.69 Å². The third-order valence-electron chi connectivity index (χ3n) is 3.53. The van der Waals surface area contributed by atoms with E-state index in [9.17, 15) is 13.2 Å². The Balaban J connectivity index is 2.31.